The predicted molar refractivity (Wildman–Crippen MR) is 103 cm³/mol. The number of piperidine rings is 1. The van der Waals surface area contributed by atoms with E-state index in [2.05, 4.69) is 31.6 Å². The first-order valence-corrected chi connectivity index (χ1v) is 9.89. The molecule has 2 aromatic heterocycles. The number of furan rings is 1. The highest BCUT2D eigenvalue weighted by atomic mass is 16.3. The van der Waals surface area contributed by atoms with Crippen molar-refractivity contribution in [2.45, 2.75) is 51.1 Å². The summed E-state index contributed by atoms with van der Waals surface area (Å²) in [5, 5.41) is 6.36. The number of carbonyl (C=O) groups is 1. The van der Waals surface area contributed by atoms with Gasteiger partial charge in [0, 0.05) is 31.6 Å². The third kappa shape index (κ3) is 5.21. The number of rotatable bonds is 8. The summed E-state index contributed by atoms with van der Waals surface area (Å²) in [5.74, 6) is 3.29. The van der Waals surface area contributed by atoms with Gasteiger partial charge in [0.1, 0.15) is 23.7 Å². The quantitative estimate of drug-likeness (QED) is 0.744. The van der Waals surface area contributed by atoms with Crippen molar-refractivity contribution in [3.63, 3.8) is 0 Å². The molecule has 1 amide bonds. The Bertz CT molecular complexity index is 745. The van der Waals surface area contributed by atoms with Crippen molar-refractivity contribution < 1.29 is 9.21 Å². The molecule has 1 aliphatic carbocycles. The number of nitrogens with one attached hydrogen (secondary N) is 2. The highest BCUT2D eigenvalue weighted by Gasteiger charge is 2.24. The Kier molecular flexibility index (Phi) is 5.55. The van der Waals surface area contributed by atoms with E-state index in [0.717, 1.165) is 43.3 Å². The lowest BCUT2D eigenvalue weighted by Gasteiger charge is -2.33. The second-order valence-electron chi connectivity index (χ2n) is 7.53. The van der Waals surface area contributed by atoms with Crippen LogP contribution in [0.2, 0.25) is 0 Å². The Hall–Kier alpha value is -2.57. The van der Waals surface area contributed by atoms with E-state index < -0.39 is 0 Å². The molecule has 0 bridgehead atoms. The number of amides is 1. The molecule has 1 aliphatic heterocycles. The zero-order chi connectivity index (χ0) is 18.5. The lowest BCUT2D eigenvalue weighted by atomic mass is 9.93. The number of nitrogens with zero attached hydrogens (tertiary/aromatic N) is 3. The normalized spacial score (nSPS) is 19.7. The molecule has 2 N–H and O–H groups in total. The fraction of sp³-hybridized carbons (Fsp3) is 0.550. The molecule has 0 radical (unpaired) electrons. The molecule has 1 saturated heterocycles. The Balaban J connectivity index is 1.24. The lowest BCUT2D eigenvalue weighted by Crippen LogP contribution is -2.36. The summed E-state index contributed by atoms with van der Waals surface area (Å²) in [5.41, 5.74) is 0. The third-order valence-electron chi connectivity index (χ3n) is 5.24. The zero-order valence-corrected chi connectivity index (χ0v) is 15.6. The van der Waals surface area contributed by atoms with E-state index in [9.17, 15) is 4.79 Å². The molecule has 1 saturated carbocycles. The molecule has 4 rings (SSSR count). The van der Waals surface area contributed by atoms with Crippen LogP contribution < -0.4 is 15.5 Å². The van der Waals surface area contributed by atoms with Gasteiger partial charge in [0.15, 0.2) is 0 Å². The van der Waals surface area contributed by atoms with Gasteiger partial charge in [0.05, 0.1) is 12.8 Å². The standard InChI is InChI=1S/C20H27N5O2/c26-20(21-12-17-4-2-10-27-17)8-5-15-3-1-9-25(13-15)19-11-18(22-14-23-19)24-16-6-7-16/h2,4,10-11,14-16H,1,3,5-9,12-13H2,(H,21,26)(H,22,23,24)/t15-/m0/s1. The molecule has 2 aliphatic rings. The number of hydrogen-bond donors (Lipinski definition) is 2. The van der Waals surface area contributed by atoms with E-state index in [0.29, 0.717) is 24.9 Å². The van der Waals surface area contributed by atoms with Crippen molar-refractivity contribution in [2.75, 3.05) is 23.3 Å². The van der Waals surface area contributed by atoms with E-state index in [-0.39, 0.29) is 5.91 Å². The molecule has 0 spiro atoms. The maximum Gasteiger partial charge on any atom is 0.220 e. The summed E-state index contributed by atoms with van der Waals surface area (Å²) < 4.78 is 5.24. The third-order valence-corrected chi connectivity index (χ3v) is 5.24. The van der Waals surface area contributed by atoms with Crippen LogP contribution in [0, 0.1) is 5.92 Å². The maximum atomic E-state index is 12.1. The van der Waals surface area contributed by atoms with E-state index in [4.69, 9.17) is 4.42 Å². The van der Waals surface area contributed by atoms with Crippen molar-refractivity contribution in [3.05, 3.63) is 36.5 Å². The van der Waals surface area contributed by atoms with Gasteiger partial charge in [-0.15, -0.1) is 0 Å². The molecule has 7 heteroatoms. The predicted octanol–water partition coefficient (Wildman–Crippen LogP) is 2.96. The molecule has 2 aromatic rings. The summed E-state index contributed by atoms with van der Waals surface area (Å²) in [6, 6.07) is 6.34. The Morgan fingerprint density at radius 1 is 1.30 bits per heavy atom. The van der Waals surface area contributed by atoms with Crippen LogP contribution in [0.4, 0.5) is 11.6 Å². The monoisotopic (exact) mass is 369 g/mol. The van der Waals surface area contributed by atoms with Gasteiger partial charge in [-0.2, -0.15) is 0 Å². The van der Waals surface area contributed by atoms with Gasteiger partial charge in [-0.25, -0.2) is 9.97 Å². The van der Waals surface area contributed by atoms with Gasteiger partial charge in [0.2, 0.25) is 5.91 Å². The van der Waals surface area contributed by atoms with Gasteiger partial charge in [-0.3, -0.25) is 4.79 Å². The molecular weight excluding hydrogens is 342 g/mol. The fourth-order valence-electron chi connectivity index (χ4n) is 3.57. The molecular formula is C20H27N5O2. The largest absolute Gasteiger partial charge is 0.467 e. The number of anilines is 2. The van der Waals surface area contributed by atoms with Gasteiger partial charge < -0.3 is 20.0 Å². The number of aromatic nitrogens is 2. The van der Waals surface area contributed by atoms with E-state index in [1.54, 1.807) is 12.6 Å². The van der Waals surface area contributed by atoms with Crippen LogP contribution in [-0.4, -0.2) is 35.0 Å². The number of carbonyl (C=O) groups excluding carboxylic acids is 1. The average Bonchev–Trinajstić information content (AvgIpc) is 3.35. The van der Waals surface area contributed by atoms with Crippen LogP contribution in [0.5, 0.6) is 0 Å². The zero-order valence-electron chi connectivity index (χ0n) is 15.6. The van der Waals surface area contributed by atoms with Gasteiger partial charge in [-0.05, 0) is 50.2 Å². The summed E-state index contributed by atoms with van der Waals surface area (Å²) in [6.07, 6.45) is 9.48. The molecule has 27 heavy (non-hydrogen) atoms. The van der Waals surface area contributed by atoms with Crippen LogP contribution in [0.1, 0.15) is 44.3 Å². The Morgan fingerprint density at radius 3 is 3.04 bits per heavy atom. The van der Waals surface area contributed by atoms with Crippen LogP contribution in [0.15, 0.2) is 35.2 Å². The SMILES string of the molecule is O=C(CC[C@@H]1CCCN(c2cc(NC3CC3)ncn2)C1)NCc1ccco1. The van der Waals surface area contributed by atoms with Crippen molar-refractivity contribution in [1.82, 2.24) is 15.3 Å². The minimum absolute atomic E-state index is 0.0847. The molecule has 144 valence electrons. The average molecular weight is 369 g/mol. The topological polar surface area (TPSA) is 83.3 Å². The van der Waals surface area contributed by atoms with Crippen LogP contribution >= 0.6 is 0 Å². The molecule has 3 heterocycles. The van der Waals surface area contributed by atoms with Crippen molar-refractivity contribution in [1.29, 1.82) is 0 Å². The highest BCUT2D eigenvalue weighted by Crippen LogP contribution is 2.27. The van der Waals surface area contributed by atoms with E-state index in [1.165, 1.54) is 19.3 Å². The Labute approximate surface area is 159 Å². The van der Waals surface area contributed by atoms with Gasteiger partial charge in [-0.1, -0.05) is 0 Å². The summed E-state index contributed by atoms with van der Waals surface area (Å²) >= 11 is 0. The lowest BCUT2D eigenvalue weighted by molar-refractivity contribution is -0.121. The molecule has 2 fully saturated rings. The summed E-state index contributed by atoms with van der Waals surface area (Å²) in [6.45, 7) is 2.42. The second kappa shape index (κ2) is 8.41. The summed E-state index contributed by atoms with van der Waals surface area (Å²) in [7, 11) is 0. The van der Waals surface area contributed by atoms with Crippen molar-refractivity contribution >= 4 is 17.5 Å². The van der Waals surface area contributed by atoms with Crippen LogP contribution in [0.25, 0.3) is 0 Å². The summed E-state index contributed by atoms with van der Waals surface area (Å²) in [4.78, 5) is 23.2. The first kappa shape index (κ1) is 17.8. The van der Waals surface area contributed by atoms with Gasteiger partial charge in [0.25, 0.3) is 0 Å². The minimum atomic E-state index is 0.0847. The highest BCUT2D eigenvalue weighted by molar-refractivity contribution is 5.75. The minimum Gasteiger partial charge on any atom is -0.467 e. The molecule has 7 nitrogen and oxygen atoms in total. The first-order chi connectivity index (χ1) is 13.3. The second-order valence-corrected chi connectivity index (χ2v) is 7.53. The van der Waals surface area contributed by atoms with Crippen molar-refractivity contribution in [2.24, 2.45) is 5.92 Å². The molecule has 0 aromatic carbocycles. The smallest absolute Gasteiger partial charge is 0.220 e. The van der Waals surface area contributed by atoms with Gasteiger partial charge >= 0.3 is 0 Å². The van der Waals surface area contributed by atoms with E-state index >= 15 is 0 Å². The van der Waals surface area contributed by atoms with Crippen LogP contribution in [-0.2, 0) is 11.3 Å². The van der Waals surface area contributed by atoms with Crippen LogP contribution in [0.3, 0.4) is 0 Å². The fourth-order valence-corrected chi connectivity index (χ4v) is 3.57. The number of hydrogen-bond acceptors (Lipinski definition) is 6. The Morgan fingerprint density at radius 2 is 2.22 bits per heavy atom. The molecule has 1 atom stereocenters. The maximum absolute atomic E-state index is 12.1. The molecule has 0 unspecified atom stereocenters. The van der Waals surface area contributed by atoms with E-state index in [1.807, 2.05) is 12.1 Å². The first-order valence-electron chi connectivity index (χ1n) is 9.89. The van der Waals surface area contributed by atoms with Crippen molar-refractivity contribution in [3.8, 4) is 0 Å².